The van der Waals surface area contributed by atoms with Gasteiger partial charge in [0.05, 0.1) is 6.61 Å². The Morgan fingerprint density at radius 3 is 2.26 bits per heavy atom. The van der Waals surface area contributed by atoms with E-state index in [1.165, 1.54) is 67.3 Å². The maximum Gasteiger partial charge on any atom is 0.119 e. The van der Waals surface area contributed by atoms with Crippen LogP contribution in [0.25, 0.3) is 10.8 Å². The molecule has 3 aromatic rings. The number of ether oxygens (including phenoxy) is 1. The van der Waals surface area contributed by atoms with Crippen molar-refractivity contribution in [2.45, 2.75) is 38.6 Å². The molecule has 2 aliphatic rings. The van der Waals surface area contributed by atoms with Crippen molar-refractivity contribution >= 4 is 16.5 Å². The van der Waals surface area contributed by atoms with Crippen molar-refractivity contribution in [3.63, 3.8) is 0 Å². The van der Waals surface area contributed by atoms with Gasteiger partial charge in [0, 0.05) is 45.0 Å². The Morgan fingerprint density at radius 1 is 0.647 bits per heavy atom. The summed E-state index contributed by atoms with van der Waals surface area (Å²) >= 11 is 0. The van der Waals surface area contributed by atoms with Crippen LogP contribution in [0.5, 0.6) is 5.75 Å². The van der Waals surface area contributed by atoms with Crippen LogP contribution in [0.1, 0.15) is 37.7 Å². The van der Waals surface area contributed by atoms with Gasteiger partial charge in [-0.1, -0.05) is 55.3 Å². The maximum atomic E-state index is 6.11. The molecule has 3 aromatic carbocycles. The van der Waals surface area contributed by atoms with Crippen LogP contribution < -0.4 is 9.64 Å². The van der Waals surface area contributed by atoms with Crippen molar-refractivity contribution in [2.24, 2.45) is 0 Å². The third-order valence-corrected chi connectivity index (χ3v) is 7.36. The molecule has 0 aromatic heterocycles. The number of anilines is 1. The van der Waals surface area contributed by atoms with Gasteiger partial charge in [-0.3, -0.25) is 4.90 Å². The average molecular weight is 458 g/mol. The van der Waals surface area contributed by atoms with Crippen molar-refractivity contribution in [3.8, 4) is 5.75 Å². The Labute approximate surface area is 205 Å². The molecule has 4 heteroatoms. The molecule has 2 saturated heterocycles. The second-order valence-corrected chi connectivity index (χ2v) is 9.90. The van der Waals surface area contributed by atoms with Gasteiger partial charge in [-0.05, 0) is 73.0 Å². The van der Waals surface area contributed by atoms with Gasteiger partial charge in [0.2, 0.25) is 0 Å². The summed E-state index contributed by atoms with van der Waals surface area (Å²) < 4.78 is 6.11. The number of rotatable bonds is 8. The zero-order chi connectivity index (χ0) is 23.0. The minimum absolute atomic E-state index is 0.810. The summed E-state index contributed by atoms with van der Waals surface area (Å²) in [6.45, 7) is 9.84. The number of benzene rings is 3. The van der Waals surface area contributed by atoms with E-state index in [1.807, 2.05) is 0 Å². The molecule has 2 heterocycles. The highest BCUT2D eigenvalue weighted by Crippen LogP contribution is 2.24. The third-order valence-electron chi connectivity index (χ3n) is 7.36. The first kappa shape index (κ1) is 23.2. The molecule has 0 spiro atoms. The number of hydrogen-bond acceptors (Lipinski definition) is 4. The van der Waals surface area contributed by atoms with Gasteiger partial charge in [0.25, 0.3) is 0 Å². The van der Waals surface area contributed by atoms with Crippen LogP contribution in [0.3, 0.4) is 0 Å². The van der Waals surface area contributed by atoms with E-state index in [1.54, 1.807) is 0 Å². The van der Waals surface area contributed by atoms with Gasteiger partial charge in [0.1, 0.15) is 5.75 Å². The molecule has 2 aliphatic heterocycles. The first-order valence-electron chi connectivity index (χ1n) is 13.2. The van der Waals surface area contributed by atoms with E-state index in [0.717, 1.165) is 51.5 Å². The zero-order valence-corrected chi connectivity index (χ0v) is 20.5. The van der Waals surface area contributed by atoms with Gasteiger partial charge in [0.15, 0.2) is 0 Å². The van der Waals surface area contributed by atoms with Gasteiger partial charge < -0.3 is 14.5 Å². The molecule has 0 radical (unpaired) electrons. The van der Waals surface area contributed by atoms with E-state index in [0.29, 0.717) is 0 Å². The summed E-state index contributed by atoms with van der Waals surface area (Å²) in [4.78, 5) is 7.70. The van der Waals surface area contributed by atoms with E-state index in [2.05, 4.69) is 81.4 Å². The molecule has 0 N–H and O–H groups in total. The smallest absolute Gasteiger partial charge is 0.119 e. The highest BCUT2D eigenvalue weighted by Gasteiger charge is 2.18. The van der Waals surface area contributed by atoms with Gasteiger partial charge in [-0.15, -0.1) is 0 Å². The topological polar surface area (TPSA) is 19.0 Å². The molecular weight excluding hydrogens is 418 g/mol. The van der Waals surface area contributed by atoms with Crippen molar-refractivity contribution < 1.29 is 4.74 Å². The van der Waals surface area contributed by atoms with Gasteiger partial charge in [-0.25, -0.2) is 0 Å². The molecule has 5 rings (SSSR count). The second kappa shape index (κ2) is 11.7. The van der Waals surface area contributed by atoms with Crippen molar-refractivity contribution in [1.29, 1.82) is 0 Å². The van der Waals surface area contributed by atoms with E-state index < -0.39 is 0 Å². The third kappa shape index (κ3) is 6.31. The summed E-state index contributed by atoms with van der Waals surface area (Å²) in [5.41, 5.74) is 2.69. The predicted molar refractivity (Wildman–Crippen MR) is 143 cm³/mol. The van der Waals surface area contributed by atoms with Crippen LogP contribution in [0.2, 0.25) is 0 Å². The van der Waals surface area contributed by atoms with Crippen LogP contribution in [0.15, 0.2) is 66.7 Å². The normalized spacial score (nSPS) is 18.2. The van der Waals surface area contributed by atoms with Crippen molar-refractivity contribution in [2.75, 3.05) is 57.3 Å². The average Bonchev–Trinajstić information content (AvgIpc) is 3.16. The SMILES string of the molecule is c1cc(CN2CCN(c3ccc4ccccc4c3)CC2)cc(OCCCN2CCCCCC2)c1. The largest absolute Gasteiger partial charge is 0.494 e. The number of piperazine rings is 1. The van der Waals surface area contributed by atoms with Crippen LogP contribution in [-0.4, -0.2) is 62.2 Å². The highest BCUT2D eigenvalue weighted by molar-refractivity contribution is 5.85. The number of nitrogens with zero attached hydrogens (tertiary/aromatic N) is 3. The molecule has 2 fully saturated rings. The lowest BCUT2D eigenvalue weighted by Gasteiger charge is -2.36. The summed E-state index contributed by atoms with van der Waals surface area (Å²) in [5.74, 6) is 1.02. The molecular formula is C30H39N3O. The lowest BCUT2D eigenvalue weighted by Crippen LogP contribution is -2.45. The summed E-state index contributed by atoms with van der Waals surface area (Å²) in [7, 11) is 0. The Hall–Kier alpha value is -2.56. The quantitative estimate of drug-likeness (QED) is 0.398. The Morgan fingerprint density at radius 2 is 1.44 bits per heavy atom. The molecule has 180 valence electrons. The molecule has 0 amide bonds. The lowest BCUT2D eigenvalue weighted by atomic mass is 10.1. The summed E-state index contributed by atoms with van der Waals surface area (Å²) in [6, 6.07) is 24.2. The highest BCUT2D eigenvalue weighted by atomic mass is 16.5. The fourth-order valence-electron chi connectivity index (χ4n) is 5.37. The zero-order valence-electron chi connectivity index (χ0n) is 20.5. The van der Waals surface area contributed by atoms with Crippen LogP contribution >= 0.6 is 0 Å². The molecule has 0 atom stereocenters. The first-order valence-corrected chi connectivity index (χ1v) is 13.2. The lowest BCUT2D eigenvalue weighted by molar-refractivity contribution is 0.238. The molecule has 0 bridgehead atoms. The number of fused-ring (bicyclic) bond motifs is 1. The first-order chi connectivity index (χ1) is 16.8. The van der Waals surface area contributed by atoms with Crippen molar-refractivity contribution in [1.82, 2.24) is 9.80 Å². The van der Waals surface area contributed by atoms with Gasteiger partial charge in [-0.2, -0.15) is 0 Å². The second-order valence-electron chi connectivity index (χ2n) is 9.90. The molecule has 0 saturated carbocycles. The molecule has 0 aliphatic carbocycles. The maximum absolute atomic E-state index is 6.11. The fraction of sp³-hybridized carbons (Fsp3) is 0.467. The summed E-state index contributed by atoms with van der Waals surface area (Å²) in [6.07, 6.45) is 6.64. The van der Waals surface area contributed by atoms with E-state index in [9.17, 15) is 0 Å². The fourth-order valence-corrected chi connectivity index (χ4v) is 5.37. The molecule has 0 unspecified atom stereocenters. The van der Waals surface area contributed by atoms with Gasteiger partial charge >= 0.3 is 0 Å². The monoisotopic (exact) mass is 457 g/mol. The summed E-state index contributed by atoms with van der Waals surface area (Å²) in [5, 5.41) is 2.64. The van der Waals surface area contributed by atoms with Crippen LogP contribution in [0.4, 0.5) is 5.69 Å². The van der Waals surface area contributed by atoms with E-state index >= 15 is 0 Å². The standard InChI is InChI=1S/C30H39N3O/c1-2-6-16-31(15-5-1)17-8-22-34-30-12-7-9-26(23-30)25-32-18-20-33(21-19-32)29-14-13-27-10-3-4-11-28(27)24-29/h3-4,7,9-14,23-24H,1-2,5-6,8,15-22,25H2. The molecule has 4 nitrogen and oxygen atoms in total. The van der Waals surface area contributed by atoms with Crippen molar-refractivity contribution in [3.05, 3.63) is 72.3 Å². The Kier molecular flexibility index (Phi) is 8.00. The van der Waals surface area contributed by atoms with E-state index in [-0.39, 0.29) is 0 Å². The Bertz CT molecular complexity index is 1040. The minimum Gasteiger partial charge on any atom is -0.494 e. The van der Waals surface area contributed by atoms with Crippen LogP contribution in [0, 0.1) is 0 Å². The van der Waals surface area contributed by atoms with E-state index in [4.69, 9.17) is 4.74 Å². The minimum atomic E-state index is 0.810. The van der Waals surface area contributed by atoms with Crippen LogP contribution in [-0.2, 0) is 6.54 Å². The number of hydrogen-bond donors (Lipinski definition) is 0. The Balaban J connectivity index is 1.07. The molecule has 34 heavy (non-hydrogen) atoms. The predicted octanol–water partition coefficient (Wildman–Crippen LogP) is 5.81. The number of likely N-dealkylation sites (tertiary alicyclic amines) is 1.